The van der Waals surface area contributed by atoms with Crippen LogP contribution in [0.4, 0.5) is 27.6 Å². The Labute approximate surface area is 306 Å². The molecule has 0 radical (unpaired) electrons. The van der Waals surface area contributed by atoms with E-state index in [0.717, 1.165) is 29.2 Å². The number of benzene rings is 4. The van der Waals surface area contributed by atoms with Crippen LogP contribution in [0.3, 0.4) is 0 Å². The Hall–Kier alpha value is -6.12. The number of alkyl halides is 3. The van der Waals surface area contributed by atoms with Crippen LogP contribution in [-0.4, -0.2) is 65.5 Å². The molecule has 0 bridgehead atoms. The molecule has 0 aromatic heterocycles. The van der Waals surface area contributed by atoms with Crippen LogP contribution >= 0.6 is 0 Å². The van der Waals surface area contributed by atoms with Gasteiger partial charge in [0.15, 0.2) is 0 Å². The number of hydrogen-bond donors (Lipinski definition) is 3. The Morgan fingerprint density at radius 2 is 1.46 bits per heavy atom. The van der Waals surface area contributed by atoms with Gasteiger partial charge < -0.3 is 25.2 Å². The van der Waals surface area contributed by atoms with Crippen molar-refractivity contribution in [3.05, 3.63) is 124 Å². The monoisotopic (exact) mass is 754 g/mol. The smallest absolute Gasteiger partial charge is 0.416 e. The summed E-state index contributed by atoms with van der Waals surface area (Å²) in [6.07, 6.45) is -6.73. The number of carboxylic acid groups (broad SMARTS) is 2. The molecule has 284 valence electrons. The predicted octanol–water partition coefficient (Wildman–Crippen LogP) is 7.53. The zero-order valence-electron chi connectivity index (χ0n) is 29.2. The van der Waals surface area contributed by atoms with Crippen LogP contribution in [0.15, 0.2) is 84.9 Å². The summed E-state index contributed by atoms with van der Waals surface area (Å²) >= 11 is 0. The molecule has 0 aliphatic heterocycles. The summed E-state index contributed by atoms with van der Waals surface area (Å²) < 4.78 is 77.4. The Morgan fingerprint density at radius 3 is 2.02 bits per heavy atom. The molecule has 0 aliphatic carbocycles. The average molecular weight is 755 g/mol. The summed E-state index contributed by atoms with van der Waals surface area (Å²) in [5, 5.41) is 22.4. The maximum Gasteiger partial charge on any atom is 0.416 e. The van der Waals surface area contributed by atoms with Crippen molar-refractivity contribution < 1.29 is 60.9 Å². The van der Waals surface area contributed by atoms with Crippen molar-refractivity contribution in [3.63, 3.8) is 0 Å². The average Bonchev–Trinajstić information content (AvgIpc) is 3.11. The van der Waals surface area contributed by atoms with Crippen molar-refractivity contribution in [3.8, 4) is 11.1 Å². The fraction of sp³-hybridized carbons (Fsp3) is 0.256. The lowest BCUT2D eigenvalue weighted by atomic mass is 9.72. The van der Waals surface area contributed by atoms with Gasteiger partial charge in [-0.1, -0.05) is 60.7 Å². The van der Waals surface area contributed by atoms with Gasteiger partial charge in [0, 0.05) is 25.2 Å². The van der Waals surface area contributed by atoms with Gasteiger partial charge in [-0.25, -0.2) is 8.78 Å². The molecule has 54 heavy (non-hydrogen) atoms. The fourth-order valence-electron chi connectivity index (χ4n) is 6.14. The second-order valence-electron chi connectivity index (χ2n) is 12.5. The van der Waals surface area contributed by atoms with Gasteiger partial charge in [0.05, 0.1) is 35.8 Å². The molecule has 0 saturated heterocycles. The van der Waals surface area contributed by atoms with E-state index in [-0.39, 0.29) is 28.9 Å². The van der Waals surface area contributed by atoms with E-state index in [1.54, 1.807) is 6.07 Å². The molecule has 0 heterocycles. The predicted molar refractivity (Wildman–Crippen MR) is 186 cm³/mol. The van der Waals surface area contributed by atoms with Crippen LogP contribution in [0.5, 0.6) is 0 Å². The first-order valence-electron chi connectivity index (χ1n) is 16.4. The van der Waals surface area contributed by atoms with Crippen LogP contribution in [0.25, 0.3) is 11.1 Å². The van der Waals surface area contributed by atoms with Crippen molar-refractivity contribution in [2.45, 2.75) is 43.7 Å². The Balaban J connectivity index is 1.80. The number of amides is 2. The first-order valence-corrected chi connectivity index (χ1v) is 16.4. The van der Waals surface area contributed by atoms with Crippen LogP contribution in [0, 0.1) is 11.6 Å². The molecule has 3 N–H and O–H groups in total. The molecule has 0 fully saturated rings. The maximum absolute atomic E-state index is 16.6. The number of nitrogens with zero attached hydrogens (tertiary/aromatic N) is 1. The highest BCUT2D eigenvalue weighted by atomic mass is 19.4. The Kier molecular flexibility index (Phi) is 12.6. The first-order chi connectivity index (χ1) is 25.4. The van der Waals surface area contributed by atoms with Gasteiger partial charge >= 0.3 is 24.1 Å². The molecule has 10 nitrogen and oxygen atoms in total. The molecule has 2 unspecified atom stereocenters. The number of rotatable bonds is 14. The summed E-state index contributed by atoms with van der Waals surface area (Å²) in [7, 11) is 2.45. The molecule has 0 aliphatic rings. The minimum Gasteiger partial charge on any atom is -0.481 e. The summed E-state index contributed by atoms with van der Waals surface area (Å²) in [6, 6.07) is 17.7. The maximum atomic E-state index is 16.6. The zero-order chi connectivity index (χ0) is 40.0. The number of halogens is 5. The van der Waals surface area contributed by atoms with E-state index in [1.807, 2.05) is 0 Å². The summed E-state index contributed by atoms with van der Waals surface area (Å²) in [6.45, 7) is 1.33. The SMILES string of the molecule is CCOC(=O)C(CCC(C(=O)O)c1c(F)cc(NC(=O)c2ccccc2-c2ccc(C(F)(F)F)cc2)c(C(=O)N(C)C)c1F)(CC(=O)O)c1ccccc1. The topological polar surface area (TPSA) is 150 Å². The lowest BCUT2D eigenvalue weighted by molar-refractivity contribution is -0.156. The largest absolute Gasteiger partial charge is 0.481 e. The van der Waals surface area contributed by atoms with Gasteiger partial charge in [0.2, 0.25) is 0 Å². The van der Waals surface area contributed by atoms with E-state index >= 15 is 8.78 Å². The van der Waals surface area contributed by atoms with E-state index in [0.29, 0.717) is 6.07 Å². The zero-order valence-corrected chi connectivity index (χ0v) is 29.2. The van der Waals surface area contributed by atoms with Crippen molar-refractivity contribution in [2.75, 3.05) is 26.0 Å². The molecule has 4 rings (SSSR count). The number of anilines is 1. The highest BCUT2D eigenvalue weighted by Gasteiger charge is 2.45. The van der Waals surface area contributed by atoms with Gasteiger partial charge in [-0.15, -0.1) is 0 Å². The second-order valence-corrected chi connectivity index (χ2v) is 12.5. The number of carboxylic acids is 2. The molecule has 4 aromatic carbocycles. The van der Waals surface area contributed by atoms with Crippen molar-refractivity contribution in [2.24, 2.45) is 0 Å². The molecular formula is C39H35F5N2O8. The second kappa shape index (κ2) is 16.7. The fourth-order valence-corrected chi connectivity index (χ4v) is 6.14. The van der Waals surface area contributed by atoms with E-state index in [9.17, 15) is 47.4 Å². The Morgan fingerprint density at radius 1 is 0.852 bits per heavy atom. The lowest BCUT2D eigenvalue weighted by Gasteiger charge is -2.32. The van der Waals surface area contributed by atoms with Gasteiger partial charge in [0.25, 0.3) is 11.8 Å². The molecule has 0 saturated carbocycles. The third-order valence-electron chi connectivity index (χ3n) is 8.77. The number of ether oxygens (including phenoxy) is 1. The first kappa shape index (κ1) is 40.6. The minimum atomic E-state index is -4.62. The molecule has 15 heteroatoms. The summed E-state index contributed by atoms with van der Waals surface area (Å²) in [5.41, 5.74) is -5.20. The summed E-state index contributed by atoms with van der Waals surface area (Å²) in [5.74, 6) is -11.5. The van der Waals surface area contributed by atoms with Gasteiger partial charge in [-0.2, -0.15) is 13.2 Å². The summed E-state index contributed by atoms with van der Waals surface area (Å²) in [4.78, 5) is 66.1. The van der Waals surface area contributed by atoms with Crippen LogP contribution in [-0.2, 0) is 30.7 Å². The van der Waals surface area contributed by atoms with Gasteiger partial charge in [-0.3, -0.25) is 24.0 Å². The lowest BCUT2D eigenvalue weighted by Crippen LogP contribution is -2.40. The van der Waals surface area contributed by atoms with E-state index in [1.165, 1.54) is 69.6 Å². The third kappa shape index (κ3) is 8.73. The Bertz CT molecular complexity index is 2050. The van der Waals surface area contributed by atoms with Crippen molar-refractivity contribution in [1.29, 1.82) is 0 Å². The number of carbonyl (C=O) groups is 5. The van der Waals surface area contributed by atoms with E-state index < -0.39 is 101 Å². The molecule has 0 spiro atoms. The van der Waals surface area contributed by atoms with Gasteiger partial charge in [0.1, 0.15) is 17.0 Å². The quantitative estimate of drug-likeness (QED) is 0.0884. The molecule has 2 atom stereocenters. The number of esters is 1. The van der Waals surface area contributed by atoms with Crippen molar-refractivity contribution in [1.82, 2.24) is 4.90 Å². The van der Waals surface area contributed by atoms with Crippen molar-refractivity contribution >= 4 is 35.4 Å². The third-order valence-corrected chi connectivity index (χ3v) is 8.77. The van der Waals surface area contributed by atoms with Crippen LogP contribution in [0.2, 0.25) is 0 Å². The van der Waals surface area contributed by atoms with E-state index in [2.05, 4.69) is 5.32 Å². The number of nitrogens with one attached hydrogen (secondary N) is 1. The normalized spacial score (nSPS) is 13.0. The number of aliphatic carboxylic acids is 2. The minimum absolute atomic E-state index is 0.136. The molecular weight excluding hydrogens is 719 g/mol. The standard InChI is InChI=1S/C39H35F5N2O8/c1-4-54-37(53)38(21-30(47)48,23-10-6-5-7-11-23)19-18-27(36(51)52)31-28(40)20-29(32(33(31)41)35(50)46(2)3)45-34(49)26-13-9-8-12-25(26)22-14-16-24(17-15-22)39(42,43)44/h5-17,20,27H,4,18-19,21H2,1-3H3,(H,45,49)(H,47,48)(H,51,52). The van der Waals surface area contributed by atoms with Crippen LogP contribution in [0.1, 0.15) is 69.5 Å². The highest BCUT2D eigenvalue weighted by molar-refractivity contribution is 6.12. The molecule has 4 aromatic rings. The molecule has 2 amide bonds. The van der Waals surface area contributed by atoms with Gasteiger partial charge in [-0.05, 0) is 60.7 Å². The number of hydrogen-bond acceptors (Lipinski definition) is 6. The van der Waals surface area contributed by atoms with Crippen LogP contribution < -0.4 is 5.32 Å². The highest BCUT2D eigenvalue weighted by Crippen LogP contribution is 2.41. The number of carbonyl (C=O) groups excluding carboxylic acids is 3. The van der Waals surface area contributed by atoms with E-state index in [4.69, 9.17) is 4.74 Å².